The molecule has 0 spiro atoms. The van der Waals surface area contributed by atoms with Gasteiger partial charge in [-0.05, 0) is 50.5 Å². The number of carbonyl (C=O) groups is 1. The Kier molecular flexibility index (Phi) is 6.24. The van der Waals surface area contributed by atoms with Crippen LogP contribution in [0, 0.1) is 18.8 Å². The Morgan fingerprint density at radius 3 is 2.56 bits per heavy atom. The normalized spacial score (nSPS) is 13.4. The van der Waals surface area contributed by atoms with Crippen LogP contribution < -0.4 is 11.5 Å². The number of nitrogens with two attached hydrogens (primary N) is 2. The lowest BCUT2D eigenvalue weighted by Gasteiger charge is -2.27. The van der Waals surface area contributed by atoms with Gasteiger partial charge in [-0.3, -0.25) is 4.79 Å². The standard InChI is InChI=1S/C24H23ClN6O/c1-15-18(8-5-16-6-10-21(26)28-14-16)22(30-24(27)29-15)17-7-9-20(25)19(13-17)23(32)31-11-3-2-4-12-31/h6-7,9-10,13-14H,2-4,11-12H2,1H3,(H2,26,28)(H2,27,29,30). The van der Waals surface area contributed by atoms with Crippen LogP contribution in [-0.2, 0) is 0 Å². The van der Waals surface area contributed by atoms with E-state index >= 15 is 0 Å². The third kappa shape index (κ3) is 4.66. The van der Waals surface area contributed by atoms with Crippen molar-refractivity contribution >= 4 is 29.3 Å². The molecule has 8 heteroatoms. The summed E-state index contributed by atoms with van der Waals surface area (Å²) in [5, 5.41) is 0.406. The number of likely N-dealkylation sites (tertiary alicyclic amines) is 1. The summed E-state index contributed by atoms with van der Waals surface area (Å²) < 4.78 is 0. The number of nitrogens with zero attached hydrogens (tertiary/aromatic N) is 4. The van der Waals surface area contributed by atoms with Gasteiger partial charge in [0, 0.05) is 30.4 Å². The highest BCUT2D eigenvalue weighted by Gasteiger charge is 2.22. The molecule has 1 aliphatic rings. The molecule has 32 heavy (non-hydrogen) atoms. The summed E-state index contributed by atoms with van der Waals surface area (Å²) in [4.78, 5) is 27.7. The maximum Gasteiger partial charge on any atom is 0.255 e. The number of hydrogen-bond acceptors (Lipinski definition) is 6. The average molecular weight is 447 g/mol. The molecule has 4 N–H and O–H groups in total. The lowest BCUT2D eigenvalue weighted by Crippen LogP contribution is -2.35. The molecule has 1 fully saturated rings. The Bertz CT molecular complexity index is 1220. The number of halogens is 1. The molecule has 0 radical (unpaired) electrons. The quantitative estimate of drug-likeness (QED) is 0.581. The van der Waals surface area contributed by atoms with E-state index in [1.807, 2.05) is 17.9 Å². The minimum atomic E-state index is -0.0733. The number of pyridine rings is 1. The Labute approximate surface area is 191 Å². The van der Waals surface area contributed by atoms with Crippen LogP contribution in [0.5, 0.6) is 0 Å². The first-order valence-corrected chi connectivity index (χ1v) is 10.8. The van der Waals surface area contributed by atoms with Crippen LogP contribution in [-0.4, -0.2) is 38.8 Å². The smallest absolute Gasteiger partial charge is 0.255 e. The lowest BCUT2D eigenvalue weighted by molar-refractivity contribution is 0.0724. The SMILES string of the molecule is Cc1nc(N)nc(-c2ccc(Cl)c(C(=O)N3CCCCC3)c2)c1C#Cc1ccc(N)nc1. The van der Waals surface area contributed by atoms with Gasteiger partial charge in [0.1, 0.15) is 5.82 Å². The maximum atomic E-state index is 13.1. The predicted octanol–water partition coefficient (Wildman–Crippen LogP) is 3.69. The monoisotopic (exact) mass is 446 g/mol. The van der Waals surface area contributed by atoms with Crippen molar-refractivity contribution in [3.8, 4) is 23.1 Å². The van der Waals surface area contributed by atoms with E-state index in [4.69, 9.17) is 23.1 Å². The Morgan fingerprint density at radius 2 is 1.84 bits per heavy atom. The van der Waals surface area contributed by atoms with E-state index in [9.17, 15) is 4.79 Å². The highest BCUT2D eigenvalue weighted by Crippen LogP contribution is 2.29. The van der Waals surface area contributed by atoms with Crippen LogP contribution in [0.4, 0.5) is 11.8 Å². The summed E-state index contributed by atoms with van der Waals surface area (Å²) in [5.41, 5.74) is 15.2. The summed E-state index contributed by atoms with van der Waals surface area (Å²) in [6.07, 6.45) is 4.75. The molecule has 7 nitrogen and oxygen atoms in total. The fourth-order valence-corrected chi connectivity index (χ4v) is 3.87. The number of carbonyl (C=O) groups excluding carboxylic acids is 1. The van der Waals surface area contributed by atoms with Crippen LogP contribution in [0.25, 0.3) is 11.3 Å². The molecule has 3 aromatic rings. The van der Waals surface area contributed by atoms with E-state index in [-0.39, 0.29) is 11.9 Å². The van der Waals surface area contributed by atoms with Gasteiger partial charge in [-0.2, -0.15) is 0 Å². The molecule has 1 aliphatic heterocycles. The van der Waals surface area contributed by atoms with Crippen molar-refractivity contribution in [1.29, 1.82) is 0 Å². The largest absolute Gasteiger partial charge is 0.384 e. The highest BCUT2D eigenvalue weighted by molar-refractivity contribution is 6.34. The van der Waals surface area contributed by atoms with E-state index < -0.39 is 0 Å². The van der Waals surface area contributed by atoms with E-state index in [2.05, 4.69) is 26.8 Å². The number of nitrogen functional groups attached to an aromatic ring is 2. The van der Waals surface area contributed by atoms with Crippen molar-refractivity contribution in [2.75, 3.05) is 24.6 Å². The first-order valence-electron chi connectivity index (χ1n) is 10.4. The van der Waals surface area contributed by atoms with Crippen molar-refractivity contribution in [3.63, 3.8) is 0 Å². The summed E-state index contributed by atoms with van der Waals surface area (Å²) in [7, 11) is 0. The first-order chi connectivity index (χ1) is 15.4. The van der Waals surface area contributed by atoms with Gasteiger partial charge in [0.25, 0.3) is 5.91 Å². The van der Waals surface area contributed by atoms with Gasteiger partial charge < -0.3 is 16.4 Å². The average Bonchev–Trinajstić information content (AvgIpc) is 2.79. The van der Waals surface area contributed by atoms with Crippen LogP contribution in [0.2, 0.25) is 5.02 Å². The third-order valence-corrected chi connectivity index (χ3v) is 5.67. The minimum Gasteiger partial charge on any atom is -0.384 e. The molecular weight excluding hydrogens is 424 g/mol. The molecule has 2 aromatic heterocycles. The van der Waals surface area contributed by atoms with Crippen molar-refractivity contribution in [3.05, 3.63) is 63.9 Å². The van der Waals surface area contributed by atoms with Gasteiger partial charge in [-0.1, -0.05) is 29.5 Å². The number of aryl methyl sites for hydroxylation is 1. The Balaban J connectivity index is 1.77. The molecule has 0 aliphatic carbocycles. The zero-order valence-corrected chi connectivity index (χ0v) is 18.5. The molecule has 1 aromatic carbocycles. The van der Waals surface area contributed by atoms with Crippen LogP contribution in [0.1, 0.15) is 46.4 Å². The van der Waals surface area contributed by atoms with Gasteiger partial charge in [0.15, 0.2) is 0 Å². The number of anilines is 2. The zero-order chi connectivity index (χ0) is 22.7. The van der Waals surface area contributed by atoms with E-state index in [0.29, 0.717) is 44.5 Å². The first kappa shape index (κ1) is 21.6. The van der Waals surface area contributed by atoms with E-state index in [1.54, 1.807) is 30.5 Å². The topological polar surface area (TPSA) is 111 Å². The predicted molar refractivity (Wildman–Crippen MR) is 126 cm³/mol. The molecule has 4 rings (SSSR count). The van der Waals surface area contributed by atoms with Crippen molar-refractivity contribution < 1.29 is 4.79 Å². The number of hydrogen-bond donors (Lipinski definition) is 2. The molecule has 0 saturated carbocycles. The van der Waals surface area contributed by atoms with Crippen LogP contribution in [0.3, 0.4) is 0 Å². The van der Waals surface area contributed by atoms with Gasteiger partial charge in [-0.15, -0.1) is 0 Å². The second kappa shape index (κ2) is 9.25. The molecule has 0 bridgehead atoms. The lowest BCUT2D eigenvalue weighted by atomic mass is 10.0. The van der Waals surface area contributed by atoms with Gasteiger partial charge in [0.05, 0.1) is 27.5 Å². The molecule has 3 heterocycles. The molecular formula is C24H23ClN6O. The Hall–Kier alpha value is -3.63. The molecule has 0 atom stereocenters. The molecule has 1 amide bonds. The summed E-state index contributed by atoms with van der Waals surface area (Å²) >= 11 is 6.40. The molecule has 162 valence electrons. The van der Waals surface area contributed by atoms with Crippen molar-refractivity contribution in [2.24, 2.45) is 0 Å². The third-order valence-electron chi connectivity index (χ3n) is 5.34. The zero-order valence-electron chi connectivity index (χ0n) is 17.7. The summed E-state index contributed by atoms with van der Waals surface area (Å²) in [6.45, 7) is 3.30. The highest BCUT2D eigenvalue weighted by atomic mass is 35.5. The number of benzene rings is 1. The van der Waals surface area contributed by atoms with Crippen molar-refractivity contribution in [2.45, 2.75) is 26.2 Å². The van der Waals surface area contributed by atoms with Gasteiger partial charge in [-0.25, -0.2) is 15.0 Å². The molecule has 1 saturated heterocycles. The van der Waals surface area contributed by atoms with Crippen molar-refractivity contribution in [1.82, 2.24) is 19.9 Å². The molecule has 0 unspecified atom stereocenters. The number of amides is 1. The van der Waals surface area contributed by atoms with Gasteiger partial charge in [0.2, 0.25) is 5.95 Å². The number of rotatable bonds is 2. The van der Waals surface area contributed by atoms with Crippen LogP contribution >= 0.6 is 11.6 Å². The maximum absolute atomic E-state index is 13.1. The number of piperidine rings is 1. The second-order valence-electron chi connectivity index (χ2n) is 7.66. The second-order valence-corrected chi connectivity index (χ2v) is 8.07. The van der Waals surface area contributed by atoms with Crippen LogP contribution in [0.15, 0.2) is 36.5 Å². The fourth-order valence-electron chi connectivity index (χ4n) is 3.67. The summed E-state index contributed by atoms with van der Waals surface area (Å²) in [5.74, 6) is 6.69. The number of aromatic nitrogens is 3. The minimum absolute atomic E-state index is 0.0733. The van der Waals surface area contributed by atoms with E-state index in [0.717, 1.165) is 32.4 Å². The Morgan fingerprint density at radius 1 is 1.06 bits per heavy atom. The summed E-state index contributed by atoms with van der Waals surface area (Å²) in [6, 6.07) is 8.76. The van der Waals surface area contributed by atoms with Gasteiger partial charge >= 0.3 is 0 Å². The van der Waals surface area contributed by atoms with E-state index in [1.165, 1.54) is 0 Å². The fraction of sp³-hybridized carbons (Fsp3) is 0.250.